The fraction of sp³-hybridized carbons (Fsp3) is 0.786. The highest BCUT2D eigenvalue weighted by Gasteiger charge is 2.34. The Balaban J connectivity index is 2.26. The van der Waals surface area contributed by atoms with Gasteiger partial charge in [-0.1, -0.05) is 13.8 Å². The number of aryl methyl sites for hydroxylation is 2. The van der Waals surface area contributed by atoms with Crippen LogP contribution < -0.4 is 10.2 Å². The van der Waals surface area contributed by atoms with Crippen molar-refractivity contribution in [2.24, 2.45) is 7.05 Å². The lowest BCUT2D eigenvalue weighted by Gasteiger charge is -2.46. The van der Waals surface area contributed by atoms with Crippen LogP contribution in [-0.4, -0.2) is 34.5 Å². The smallest absolute Gasteiger partial charge is 0.151 e. The number of hydrogen-bond donors (Lipinski definition) is 1. The standard InChI is InChI=1S/C14H26N4/c1-6-12-9-15-14(4,7-2)10-18(12)13-8-11(3)17(5)16-13/h8,12,15H,6-7,9-10H2,1-5H3. The molecule has 18 heavy (non-hydrogen) atoms. The summed E-state index contributed by atoms with van der Waals surface area (Å²) in [4.78, 5) is 2.48. The third-order valence-corrected chi connectivity index (χ3v) is 4.37. The molecule has 0 aromatic carbocycles. The number of anilines is 1. The Morgan fingerprint density at radius 2 is 2.22 bits per heavy atom. The van der Waals surface area contributed by atoms with Crippen molar-refractivity contribution in [1.29, 1.82) is 0 Å². The van der Waals surface area contributed by atoms with Crippen molar-refractivity contribution in [3.05, 3.63) is 11.8 Å². The maximum absolute atomic E-state index is 4.65. The first-order valence-electron chi connectivity index (χ1n) is 7.01. The molecule has 1 aliphatic heterocycles. The predicted molar refractivity (Wildman–Crippen MR) is 76.1 cm³/mol. The van der Waals surface area contributed by atoms with Gasteiger partial charge >= 0.3 is 0 Å². The van der Waals surface area contributed by atoms with Crippen LogP contribution in [-0.2, 0) is 7.05 Å². The highest BCUT2D eigenvalue weighted by atomic mass is 15.4. The number of rotatable bonds is 3. The van der Waals surface area contributed by atoms with E-state index in [-0.39, 0.29) is 5.54 Å². The van der Waals surface area contributed by atoms with Crippen molar-refractivity contribution >= 4 is 5.82 Å². The van der Waals surface area contributed by atoms with Crippen molar-refractivity contribution in [2.75, 3.05) is 18.0 Å². The monoisotopic (exact) mass is 250 g/mol. The summed E-state index contributed by atoms with van der Waals surface area (Å²) in [5, 5.41) is 8.34. The molecule has 1 fully saturated rings. The lowest BCUT2D eigenvalue weighted by atomic mass is 9.93. The number of nitrogens with one attached hydrogen (secondary N) is 1. The van der Waals surface area contributed by atoms with E-state index in [1.54, 1.807) is 0 Å². The predicted octanol–water partition coefficient (Wildman–Crippen LogP) is 2.09. The minimum atomic E-state index is 0.205. The third-order valence-electron chi connectivity index (χ3n) is 4.37. The van der Waals surface area contributed by atoms with Crippen LogP contribution in [0, 0.1) is 6.92 Å². The number of hydrogen-bond acceptors (Lipinski definition) is 3. The van der Waals surface area contributed by atoms with E-state index in [1.165, 1.54) is 5.69 Å². The lowest BCUT2D eigenvalue weighted by Crippen LogP contribution is -2.62. The first kappa shape index (κ1) is 13.4. The van der Waals surface area contributed by atoms with Crippen LogP contribution >= 0.6 is 0 Å². The van der Waals surface area contributed by atoms with Gasteiger partial charge in [-0.3, -0.25) is 4.68 Å². The second-order valence-electron chi connectivity index (χ2n) is 5.75. The Morgan fingerprint density at radius 3 is 2.72 bits per heavy atom. The van der Waals surface area contributed by atoms with E-state index >= 15 is 0 Å². The van der Waals surface area contributed by atoms with Gasteiger partial charge in [-0.15, -0.1) is 0 Å². The van der Waals surface area contributed by atoms with Crippen molar-refractivity contribution in [3.63, 3.8) is 0 Å². The van der Waals surface area contributed by atoms with Crippen LogP contribution in [0.1, 0.15) is 39.3 Å². The minimum Gasteiger partial charge on any atom is -0.349 e. The Labute approximate surface area is 110 Å². The van der Waals surface area contributed by atoms with Crippen molar-refractivity contribution in [3.8, 4) is 0 Å². The van der Waals surface area contributed by atoms with Crippen LogP contribution in [0.25, 0.3) is 0 Å². The molecular formula is C14H26N4. The summed E-state index contributed by atoms with van der Waals surface area (Å²) in [6.07, 6.45) is 2.30. The zero-order valence-corrected chi connectivity index (χ0v) is 12.3. The Kier molecular flexibility index (Phi) is 3.66. The van der Waals surface area contributed by atoms with Gasteiger partial charge in [0, 0.05) is 43.5 Å². The molecule has 4 nitrogen and oxygen atoms in total. The molecule has 1 aliphatic rings. The molecule has 1 aromatic rings. The third kappa shape index (κ3) is 2.39. The Bertz CT molecular complexity index is 392. The number of piperazine rings is 1. The summed E-state index contributed by atoms with van der Waals surface area (Å²) in [6.45, 7) is 11.0. The van der Waals surface area contributed by atoms with Gasteiger partial charge in [-0.25, -0.2) is 0 Å². The first-order valence-corrected chi connectivity index (χ1v) is 7.01. The van der Waals surface area contributed by atoms with Crippen molar-refractivity contribution in [1.82, 2.24) is 15.1 Å². The molecule has 2 atom stereocenters. The fourth-order valence-electron chi connectivity index (χ4n) is 2.59. The first-order chi connectivity index (χ1) is 8.49. The van der Waals surface area contributed by atoms with Crippen LogP contribution in [0.5, 0.6) is 0 Å². The van der Waals surface area contributed by atoms with Gasteiger partial charge in [0.1, 0.15) is 0 Å². The molecule has 0 aliphatic carbocycles. The number of nitrogens with zero attached hydrogens (tertiary/aromatic N) is 3. The highest BCUT2D eigenvalue weighted by molar-refractivity contribution is 5.42. The van der Waals surface area contributed by atoms with Crippen molar-refractivity contribution in [2.45, 2.75) is 52.1 Å². The van der Waals surface area contributed by atoms with Gasteiger partial charge < -0.3 is 10.2 Å². The van der Waals surface area contributed by atoms with Gasteiger partial charge in [0.05, 0.1) is 0 Å². The summed E-state index contributed by atoms with van der Waals surface area (Å²) in [5.41, 5.74) is 1.42. The molecule has 1 N–H and O–H groups in total. The normalized spacial score (nSPS) is 28.7. The topological polar surface area (TPSA) is 33.1 Å². The van der Waals surface area contributed by atoms with E-state index < -0.39 is 0 Å². The molecule has 0 saturated carbocycles. The summed E-state index contributed by atoms with van der Waals surface area (Å²) in [6, 6.07) is 2.75. The molecule has 0 radical (unpaired) electrons. The zero-order chi connectivity index (χ0) is 13.3. The van der Waals surface area contributed by atoms with E-state index in [0.717, 1.165) is 31.7 Å². The SMILES string of the molecule is CCC1CNC(C)(CC)CN1c1cc(C)n(C)n1. The maximum atomic E-state index is 4.65. The minimum absolute atomic E-state index is 0.205. The molecule has 2 unspecified atom stereocenters. The van der Waals surface area contributed by atoms with E-state index in [4.69, 9.17) is 0 Å². The van der Waals surface area contributed by atoms with Crippen LogP contribution in [0.4, 0.5) is 5.82 Å². The Hall–Kier alpha value is -1.03. The fourth-order valence-corrected chi connectivity index (χ4v) is 2.59. The van der Waals surface area contributed by atoms with Crippen molar-refractivity contribution < 1.29 is 0 Å². The average molecular weight is 250 g/mol. The molecule has 4 heteroatoms. The summed E-state index contributed by atoms with van der Waals surface area (Å²) >= 11 is 0. The van der Waals surface area contributed by atoms with Crippen LogP contribution in [0.2, 0.25) is 0 Å². The van der Waals surface area contributed by atoms with Gasteiger partial charge in [0.2, 0.25) is 0 Å². The second kappa shape index (κ2) is 4.92. The van der Waals surface area contributed by atoms with E-state index in [1.807, 2.05) is 11.7 Å². The average Bonchev–Trinajstić information content (AvgIpc) is 2.69. The quantitative estimate of drug-likeness (QED) is 0.891. The summed E-state index contributed by atoms with van der Waals surface area (Å²) < 4.78 is 1.97. The second-order valence-corrected chi connectivity index (χ2v) is 5.75. The molecule has 1 saturated heterocycles. The van der Waals surface area contributed by atoms with Gasteiger partial charge in [0.15, 0.2) is 5.82 Å². The summed E-state index contributed by atoms with van der Waals surface area (Å²) in [7, 11) is 2.01. The maximum Gasteiger partial charge on any atom is 0.151 e. The lowest BCUT2D eigenvalue weighted by molar-refractivity contribution is 0.274. The molecule has 2 heterocycles. The molecule has 102 valence electrons. The highest BCUT2D eigenvalue weighted by Crippen LogP contribution is 2.25. The summed E-state index contributed by atoms with van der Waals surface area (Å²) in [5.74, 6) is 1.13. The molecular weight excluding hydrogens is 224 g/mol. The largest absolute Gasteiger partial charge is 0.349 e. The van der Waals surface area contributed by atoms with Gasteiger partial charge in [-0.2, -0.15) is 5.10 Å². The van der Waals surface area contributed by atoms with Gasteiger partial charge in [0.25, 0.3) is 0 Å². The molecule has 0 bridgehead atoms. The van der Waals surface area contributed by atoms with Crippen LogP contribution in [0.3, 0.4) is 0 Å². The van der Waals surface area contributed by atoms with Gasteiger partial charge in [-0.05, 0) is 26.7 Å². The van der Waals surface area contributed by atoms with E-state index in [0.29, 0.717) is 6.04 Å². The van der Waals surface area contributed by atoms with E-state index in [9.17, 15) is 0 Å². The molecule has 0 amide bonds. The van der Waals surface area contributed by atoms with E-state index in [2.05, 4.69) is 49.1 Å². The van der Waals surface area contributed by atoms with Crippen LogP contribution in [0.15, 0.2) is 6.07 Å². The molecule has 2 rings (SSSR count). The molecule has 1 aromatic heterocycles. The molecule has 0 spiro atoms. The zero-order valence-electron chi connectivity index (χ0n) is 12.3. The Morgan fingerprint density at radius 1 is 1.50 bits per heavy atom. The number of aromatic nitrogens is 2.